The van der Waals surface area contributed by atoms with E-state index in [4.69, 9.17) is 0 Å². The zero-order valence-electron chi connectivity index (χ0n) is 9.47. The van der Waals surface area contributed by atoms with Gasteiger partial charge in [0.1, 0.15) is 5.82 Å². The molecule has 1 N–H and O–H groups in total. The standard InChI is InChI=1S/C13H11IN2OS/c14-10-6-7-12(15-8-10)16-13(17)9-18-11-4-2-1-3-5-11/h1-8H,9H2,(H,15,16,17). The van der Waals surface area contributed by atoms with Gasteiger partial charge in [0.05, 0.1) is 5.75 Å². The van der Waals surface area contributed by atoms with Gasteiger partial charge in [0, 0.05) is 14.7 Å². The molecule has 1 heterocycles. The van der Waals surface area contributed by atoms with Crippen molar-refractivity contribution in [2.45, 2.75) is 4.90 Å². The van der Waals surface area contributed by atoms with Crippen LogP contribution in [-0.4, -0.2) is 16.6 Å². The van der Waals surface area contributed by atoms with Gasteiger partial charge in [-0.3, -0.25) is 4.79 Å². The van der Waals surface area contributed by atoms with E-state index in [1.807, 2.05) is 36.4 Å². The van der Waals surface area contributed by atoms with Gasteiger partial charge in [0.15, 0.2) is 0 Å². The normalized spacial score (nSPS) is 10.1. The van der Waals surface area contributed by atoms with E-state index in [2.05, 4.69) is 32.9 Å². The molecule has 3 nitrogen and oxygen atoms in total. The average Bonchev–Trinajstić information content (AvgIpc) is 2.40. The topological polar surface area (TPSA) is 42.0 Å². The summed E-state index contributed by atoms with van der Waals surface area (Å²) in [5.41, 5.74) is 0. The van der Waals surface area contributed by atoms with Gasteiger partial charge in [0.25, 0.3) is 0 Å². The minimum absolute atomic E-state index is 0.0439. The molecule has 1 aromatic heterocycles. The molecule has 0 saturated heterocycles. The Hall–Kier alpha value is -1.08. The molecule has 0 aliphatic heterocycles. The first-order valence-electron chi connectivity index (χ1n) is 5.33. The third kappa shape index (κ3) is 4.30. The van der Waals surface area contributed by atoms with Crippen molar-refractivity contribution in [3.63, 3.8) is 0 Å². The van der Waals surface area contributed by atoms with Crippen molar-refractivity contribution < 1.29 is 4.79 Å². The van der Waals surface area contributed by atoms with Gasteiger partial charge in [-0.25, -0.2) is 4.98 Å². The van der Waals surface area contributed by atoms with Crippen LogP contribution in [0.5, 0.6) is 0 Å². The Kier molecular flexibility index (Phi) is 5.00. The maximum Gasteiger partial charge on any atom is 0.235 e. The van der Waals surface area contributed by atoms with Gasteiger partial charge in [-0.2, -0.15) is 0 Å². The van der Waals surface area contributed by atoms with Crippen LogP contribution in [0.15, 0.2) is 53.6 Å². The maximum atomic E-state index is 11.7. The van der Waals surface area contributed by atoms with Gasteiger partial charge >= 0.3 is 0 Å². The van der Waals surface area contributed by atoms with E-state index < -0.39 is 0 Å². The van der Waals surface area contributed by atoms with Gasteiger partial charge in [-0.15, -0.1) is 11.8 Å². The zero-order valence-corrected chi connectivity index (χ0v) is 12.4. The lowest BCUT2D eigenvalue weighted by atomic mass is 10.4. The van der Waals surface area contributed by atoms with E-state index in [1.165, 1.54) is 11.8 Å². The number of rotatable bonds is 4. The van der Waals surface area contributed by atoms with E-state index >= 15 is 0 Å². The molecule has 0 fully saturated rings. The van der Waals surface area contributed by atoms with Crippen LogP contribution in [0.25, 0.3) is 0 Å². The van der Waals surface area contributed by atoms with Crippen LogP contribution in [-0.2, 0) is 4.79 Å². The predicted molar refractivity (Wildman–Crippen MR) is 82.7 cm³/mol. The molecule has 0 aliphatic carbocycles. The molecule has 0 bridgehead atoms. The number of hydrogen-bond donors (Lipinski definition) is 1. The number of hydrogen-bond acceptors (Lipinski definition) is 3. The monoisotopic (exact) mass is 370 g/mol. The fourth-order valence-corrected chi connectivity index (χ4v) is 2.33. The third-order valence-electron chi connectivity index (χ3n) is 2.11. The molecule has 2 aromatic rings. The Morgan fingerprint density at radius 3 is 2.67 bits per heavy atom. The number of halogens is 1. The first kappa shape index (κ1) is 13.4. The van der Waals surface area contributed by atoms with Crippen LogP contribution >= 0.6 is 34.4 Å². The van der Waals surface area contributed by atoms with Crippen molar-refractivity contribution in [2.75, 3.05) is 11.1 Å². The van der Waals surface area contributed by atoms with Crippen LogP contribution in [0, 0.1) is 3.57 Å². The SMILES string of the molecule is O=C(CSc1ccccc1)Nc1ccc(I)cn1. The summed E-state index contributed by atoms with van der Waals surface area (Å²) in [5, 5.41) is 2.77. The van der Waals surface area contributed by atoms with Crippen molar-refractivity contribution in [3.8, 4) is 0 Å². The molecule has 5 heteroatoms. The summed E-state index contributed by atoms with van der Waals surface area (Å²) < 4.78 is 1.05. The summed E-state index contributed by atoms with van der Waals surface area (Å²) in [6.07, 6.45) is 1.72. The summed E-state index contributed by atoms with van der Waals surface area (Å²) in [6, 6.07) is 13.6. The number of anilines is 1. The Bertz CT molecular complexity index is 516. The molecule has 92 valence electrons. The molecule has 18 heavy (non-hydrogen) atoms. The van der Waals surface area contributed by atoms with Gasteiger partial charge in [0.2, 0.25) is 5.91 Å². The second kappa shape index (κ2) is 6.75. The van der Waals surface area contributed by atoms with Crippen LogP contribution in [0.3, 0.4) is 0 Å². The summed E-state index contributed by atoms with van der Waals surface area (Å²) in [5.74, 6) is 0.934. The number of aromatic nitrogens is 1. The lowest BCUT2D eigenvalue weighted by molar-refractivity contribution is -0.113. The number of nitrogens with one attached hydrogen (secondary N) is 1. The molecular formula is C13H11IN2OS. The second-order valence-corrected chi connectivity index (χ2v) is 5.81. The lowest BCUT2D eigenvalue weighted by Gasteiger charge is -2.04. The minimum Gasteiger partial charge on any atom is -0.310 e. The molecular weight excluding hydrogens is 359 g/mol. The molecule has 0 saturated carbocycles. The Balaban J connectivity index is 1.84. The fraction of sp³-hybridized carbons (Fsp3) is 0.0769. The van der Waals surface area contributed by atoms with Gasteiger partial charge in [-0.1, -0.05) is 18.2 Å². The smallest absolute Gasteiger partial charge is 0.235 e. The quantitative estimate of drug-likeness (QED) is 0.663. The largest absolute Gasteiger partial charge is 0.310 e. The van der Waals surface area contributed by atoms with E-state index in [1.54, 1.807) is 12.3 Å². The molecule has 0 unspecified atom stereocenters. The zero-order chi connectivity index (χ0) is 12.8. The van der Waals surface area contributed by atoms with Crippen molar-refractivity contribution in [1.29, 1.82) is 0 Å². The van der Waals surface area contributed by atoms with Crippen LogP contribution < -0.4 is 5.32 Å². The summed E-state index contributed by atoms with van der Waals surface area (Å²) in [4.78, 5) is 16.9. The number of pyridine rings is 1. The van der Waals surface area contributed by atoms with Crippen LogP contribution in [0.1, 0.15) is 0 Å². The van der Waals surface area contributed by atoms with Crippen LogP contribution in [0.2, 0.25) is 0 Å². The van der Waals surface area contributed by atoms with Crippen LogP contribution in [0.4, 0.5) is 5.82 Å². The van der Waals surface area contributed by atoms with E-state index in [0.29, 0.717) is 11.6 Å². The number of carbonyl (C=O) groups excluding carboxylic acids is 1. The van der Waals surface area contributed by atoms with Crippen molar-refractivity contribution >= 4 is 46.1 Å². The van der Waals surface area contributed by atoms with Crippen molar-refractivity contribution in [2.24, 2.45) is 0 Å². The first-order chi connectivity index (χ1) is 8.74. The summed E-state index contributed by atoms with van der Waals surface area (Å²) in [7, 11) is 0. The van der Waals surface area contributed by atoms with E-state index in [-0.39, 0.29) is 5.91 Å². The summed E-state index contributed by atoms with van der Waals surface area (Å²) >= 11 is 3.68. The number of benzene rings is 1. The van der Waals surface area contributed by atoms with Gasteiger partial charge < -0.3 is 5.32 Å². The molecule has 0 aliphatic rings. The molecule has 2 rings (SSSR count). The number of carbonyl (C=O) groups is 1. The van der Waals surface area contributed by atoms with Crippen molar-refractivity contribution in [3.05, 3.63) is 52.2 Å². The highest BCUT2D eigenvalue weighted by Gasteiger charge is 2.04. The van der Waals surface area contributed by atoms with E-state index in [9.17, 15) is 4.79 Å². The summed E-state index contributed by atoms with van der Waals surface area (Å²) in [6.45, 7) is 0. The Labute approximate surface area is 124 Å². The average molecular weight is 370 g/mol. The maximum absolute atomic E-state index is 11.7. The lowest BCUT2D eigenvalue weighted by Crippen LogP contribution is -2.14. The number of thioether (sulfide) groups is 1. The van der Waals surface area contributed by atoms with Crippen molar-refractivity contribution in [1.82, 2.24) is 4.98 Å². The molecule has 0 radical (unpaired) electrons. The Morgan fingerprint density at radius 1 is 1.22 bits per heavy atom. The molecule has 0 atom stereocenters. The second-order valence-electron chi connectivity index (χ2n) is 3.51. The molecule has 1 amide bonds. The predicted octanol–water partition coefficient (Wildman–Crippen LogP) is 3.42. The Morgan fingerprint density at radius 2 is 2.00 bits per heavy atom. The highest BCUT2D eigenvalue weighted by molar-refractivity contribution is 14.1. The minimum atomic E-state index is -0.0439. The number of amides is 1. The molecule has 0 spiro atoms. The van der Waals surface area contributed by atoms with Gasteiger partial charge in [-0.05, 0) is 46.9 Å². The highest BCUT2D eigenvalue weighted by Crippen LogP contribution is 2.17. The third-order valence-corrected chi connectivity index (χ3v) is 3.76. The molecule has 1 aromatic carbocycles. The fourth-order valence-electron chi connectivity index (χ4n) is 1.29. The first-order valence-corrected chi connectivity index (χ1v) is 7.40. The number of nitrogens with zero attached hydrogens (tertiary/aromatic N) is 1. The highest BCUT2D eigenvalue weighted by atomic mass is 127. The van der Waals surface area contributed by atoms with E-state index in [0.717, 1.165) is 8.47 Å².